The zero-order valence-corrected chi connectivity index (χ0v) is 11.1. The van der Waals surface area contributed by atoms with Gasteiger partial charge in [0.05, 0.1) is 6.42 Å². The van der Waals surface area contributed by atoms with E-state index in [-0.39, 0.29) is 11.7 Å². The second-order valence-electron chi connectivity index (χ2n) is 4.77. The lowest BCUT2D eigenvalue weighted by molar-refractivity contribution is -0.136. The summed E-state index contributed by atoms with van der Waals surface area (Å²) in [7, 11) is 0. The van der Waals surface area contributed by atoms with E-state index in [0.29, 0.717) is 11.7 Å². The van der Waals surface area contributed by atoms with E-state index in [1.807, 2.05) is 18.2 Å². The Kier molecular flexibility index (Phi) is 4.66. The second kappa shape index (κ2) is 6.25. The number of hydrogen-bond donors (Lipinski definition) is 1. The highest BCUT2D eigenvalue weighted by Gasteiger charge is 2.33. The van der Waals surface area contributed by atoms with Gasteiger partial charge in [0.15, 0.2) is 0 Å². The van der Waals surface area contributed by atoms with E-state index >= 15 is 0 Å². The van der Waals surface area contributed by atoms with Crippen molar-refractivity contribution < 1.29 is 14.5 Å². The number of hydrogen-bond acceptors (Lipinski definition) is 2. The lowest BCUT2D eigenvalue weighted by atomic mass is 9.98. The van der Waals surface area contributed by atoms with Crippen LogP contribution in [0, 0.1) is 0 Å². The van der Waals surface area contributed by atoms with Crippen LogP contribution in [-0.2, 0) is 16.0 Å². The van der Waals surface area contributed by atoms with Gasteiger partial charge in [-0.3, -0.25) is 4.79 Å². The van der Waals surface area contributed by atoms with Crippen LogP contribution in [0.25, 0.3) is 0 Å². The van der Waals surface area contributed by atoms with Gasteiger partial charge in [-0.2, -0.15) is 0 Å². The van der Waals surface area contributed by atoms with Crippen LogP contribution in [0.15, 0.2) is 30.3 Å². The molecule has 0 spiro atoms. The Bertz CT molecular complexity index is 393. The molecule has 3 nitrogen and oxygen atoms in total. The van der Waals surface area contributed by atoms with Crippen LogP contribution < -0.4 is 0 Å². The quantitative estimate of drug-likeness (QED) is 0.833. The number of carboxylic acid groups (broad SMARTS) is 1. The highest BCUT2D eigenvalue weighted by atomic mass is 32.2. The lowest BCUT2D eigenvalue weighted by Crippen LogP contribution is -2.23. The van der Waals surface area contributed by atoms with Gasteiger partial charge in [0.25, 0.3) is 0 Å². The molecule has 3 unspecified atom stereocenters. The van der Waals surface area contributed by atoms with Crippen molar-refractivity contribution in [2.75, 3.05) is 5.75 Å². The van der Waals surface area contributed by atoms with Gasteiger partial charge >= 0.3 is 5.97 Å². The van der Waals surface area contributed by atoms with Gasteiger partial charge in [0.2, 0.25) is 0 Å². The molecule has 1 fully saturated rings. The largest absolute Gasteiger partial charge is 0.616 e. The predicted molar refractivity (Wildman–Crippen MR) is 72.1 cm³/mol. The van der Waals surface area contributed by atoms with E-state index < -0.39 is 17.1 Å². The summed E-state index contributed by atoms with van der Waals surface area (Å²) in [5.74, 6) is -0.0763. The first-order chi connectivity index (χ1) is 8.66. The van der Waals surface area contributed by atoms with Gasteiger partial charge in [-0.1, -0.05) is 41.5 Å². The standard InChI is InChI=1S/C14H18O3S/c15-14(16)8-9-18(17)13-7-6-12(10-13)11-4-2-1-3-5-11/h1-5,12-13H,6-10H2,(H,15,16). The Balaban J connectivity index is 1.86. The molecule has 1 aromatic rings. The zero-order chi connectivity index (χ0) is 13.0. The van der Waals surface area contributed by atoms with E-state index in [9.17, 15) is 9.35 Å². The Morgan fingerprint density at radius 2 is 2.06 bits per heavy atom. The highest BCUT2D eigenvalue weighted by molar-refractivity contribution is 7.92. The van der Waals surface area contributed by atoms with Gasteiger partial charge in [-0.15, -0.1) is 0 Å². The van der Waals surface area contributed by atoms with Crippen LogP contribution in [0.1, 0.15) is 37.2 Å². The topological polar surface area (TPSA) is 60.4 Å². The number of benzene rings is 1. The molecule has 0 aromatic heterocycles. The number of rotatable bonds is 5. The number of aliphatic carboxylic acids is 1. The monoisotopic (exact) mass is 266 g/mol. The molecule has 2 rings (SSSR count). The van der Waals surface area contributed by atoms with Gasteiger partial charge in [-0.05, 0) is 24.3 Å². The Morgan fingerprint density at radius 3 is 2.72 bits per heavy atom. The predicted octanol–water partition coefficient (Wildman–Crippen LogP) is 2.55. The minimum Gasteiger partial charge on any atom is -0.616 e. The molecule has 98 valence electrons. The minimum atomic E-state index is -0.991. The molecule has 1 saturated carbocycles. The molecular weight excluding hydrogens is 248 g/mol. The van der Waals surface area contributed by atoms with Crippen LogP contribution >= 0.6 is 0 Å². The first-order valence-corrected chi connectivity index (χ1v) is 7.69. The fourth-order valence-electron chi connectivity index (χ4n) is 2.56. The molecular formula is C14H18O3S. The van der Waals surface area contributed by atoms with Crippen molar-refractivity contribution in [2.24, 2.45) is 0 Å². The molecule has 0 saturated heterocycles. The summed E-state index contributed by atoms with van der Waals surface area (Å²) in [5.41, 5.74) is 1.32. The normalized spacial score (nSPS) is 24.9. The molecule has 0 aliphatic heterocycles. The summed E-state index contributed by atoms with van der Waals surface area (Å²) in [6, 6.07) is 10.3. The maximum Gasteiger partial charge on any atom is 0.308 e. The van der Waals surface area contributed by atoms with E-state index in [1.54, 1.807) is 0 Å². The first kappa shape index (κ1) is 13.4. The summed E-state index contributed by atoms with van der Waals surface area (Å²) in [4.78, 5) is 10.5. The lowest BCUT2D eigenvalue weighted by Gasteiger charge is -2.17. The van der Waals surface area contributed by atoms with Gasteiger partial charge in [-0.25, -0.2) is 0 Å². The third-order valence-electron chi connectivity index (χ3n) is 3.54. The molecule has 1 aliphatic rings. The van der Waals surface area contributed by atoms with Gasteiger partial charge in [0.1, 0.15) is 11.0 Å². The fraction of sp³-hybridized carbons (Fsp3) is 0.500. The first-order valence-electron chi connectivity index (χ1n) is 6.30. The van der Waals surface area contributed by atoms with Crippen LogP contribution in [0.5, 0.6) is 0 Å². The molecule has 1 aliphatic carbocycles. The molecule has 0 bridgehead atoms. The molecule has 18 heavy (non-hydrogen) atoms. The van der Waals surface area contributed by atoms with Crippen LogP contribution in [0.2, 0.25) is 0 Å². The fourth-order valence-corrected chi connectivity index (χ4v) is 4.12. The van der Waals surface area contributed by atoms with Crippen LogP contribution in [0.4, 0.5) is 0 Å². The average molecular weight is 266 g/mol. The van der Waals surface area contributed by atoms with Crippen molar-refractivity contribution in [3.05, 3.63) is 35.9 Å². The van der Waals surface area contributed by atoms with E-state index in [4.69, 9.17) is 5.11 Å². The molecule has 4 heteroatoms. The molecule has 0 amide bonds. The average Bonchev–Trinajstić information content (AvgIpc) is 2.86. The molecule has 1 N–H and O–H groups in total. The van der Waals surface area contributed by atoms with E-state index in [2.05, 4.69) is 12.1 Å². The summed E-state index contributed by atoms with van der Waals surface area (Å²) >= 11 is -0.991. The molecule has 0 radical (unpaired) electrons. The van der Waals surface area contributed by atoms with Crippen molar-refractivity contribution in [3.8, 4) is 0 Å². The zero-order valence-electron chi connectivity index (χ0n) is 10.2. The molecule has 0 heterocycles. The Morgan fingerprint density at radius 1 is 1.33 bits per heavy atom. The maximum absolute atomic E-state index is 12.0. The highest BCUT2D eigenvalue weighted by Crippen LogP contribution is 2.37. The van der Waals surface area contributed by atoms with Gasteiger partial charge < -0.3 is 9.66 Å². The molecule has 1 aromatic carbocycles. The number of carbonyl (C=O) groups is 1. The molecule has 3 atom stereocenters. The third-order valence-corrected chi connectivity index (χ3v) is 5.32. The van der Waals surface area contributed by atoms with Crippen molar-refractivity contribution in [2.45, 2.75) is 36.9 Å². The second-order valence-corrected chi connectivity index (χ2v) is 6.61. The minimum absolute atomic E-state index is 0.0130. The Labute approximate surface area is 110 Å². The maximum atomic E-state index is 12.0. The van der Waals surface area contributed by atoms with E-state index in [0.717, 1.165) is 19.3 Å². The number of carboxylic acids is 1. The SMILES string of the molecule is O=C(O)CC[S+]([O-])C1CCC(c2ccccc2)C1. The Hall–Kier alpha value is -1.00. The van der Waals surface area contributed by atoms with Crippen molar-refractivity contribution in [1.29, 1.82) is 0 Å². The van der Waals surface area contributed by atoms with Crippen molar-refractivity contribution >= 4 is 17.1 Å². The van der Waals surface area contributed by atoms with Crippen molar-refractivity contribution in [3.63, 3.8) is 0 Å². The van der Waals surface area contributed by atoms with E-state index in [1.165, 1.54) is 5.56 Å². The summed E-state index contributed by atoms with van der Waals surface area (Å²) in [6.07, 6.45) is 2.95. The van der Waals surface area contributed by atoms with Crippen molar-refractivity contribution in [1.82, 2.24) is 0 Å². The summed E-state index contributed by atoms with van der Waals surface area (Å²) in [6.45, 7) is 0. The summed E-state index contributed by atoms with van der Waals surface area (Å²) in [5, 5.41) is 8.78. The third kappa shape index (κ3) is 3.50. The summed E-state index contributed by atoms with van der Waals surface area (Å²) < 4.78 is 12.0. The van der Waals surface area contributed by atoms with Gasteiger partial charge in [0, 0.05) is 6.42 Å². The smallest absolute Gasteiger partial charge is 0.308 e. The van der Waals surface area contributed by atoms with Crippen LogP contribution in [-0.4, -0.2) is 26.6 Å². The van der Waals surface area contributed by atoms with Crippen LogP contribution in [0.3, 0.4) is 0 Å².